The van der Waals surface area contributed by atoms with E-state index in [-0.39, 0.29) is 38.0 Å². The Hall–Kier alpha value is -1.89. The first-order chi connectivity index (χ1) is 18.8. The lowest BCUT2D eigenvalue weighted by Crippen LogP contribution is -2.56. The summed E-state index contributed by atoms with van der Waals surface area (Å²) in [5, 5.41) is 33.2. The van der Waals surface area contributed by atoms with Crippen LogP contribution >= 0.6 is 22.6 Å². The van der Waals surface area contributed by atoms with E-state index in [0.717, 1.165) is 38.5 Å². The first kappa shape index (κ1) is 31.6. The molecule has 0 aromatic heterocycles. The van der Waals surface area contributed by atoms with Crippen molar-refractivity contribution in [2.45, 2.75) is 89.6 Å². The molecule has 0 aliphatic heterocycles. The van der Waals surface area contributed by atoms with Crippen LogP contribution in [0.15, 0.2) is 23.8 Å². The number of rotatable bonds is 13. The molecule has 2 aliphatic carbocycles. The van der Waals surface area contributed by atoms with Gasteiger partial charge in [-0.05, 0) is 71.5 Å². The molecule has 0 radical (unpaired) electrons. The summed E-state index contributed by atoms with van der Waals surface area (Å²) in [4.78, 5) is 28.4. The van der Waals surface area contributed by atoms with Gasteiger partial charge < -0.3 is 35.0 Å². The summed E-state index contributed by atoms with van der Waals surface area (Å²) in [5.74, 6) is 0.785. The van der Waals surface area contributed by atoms with Gasteiger partial charge in [-0.3, -0.25) is 9.59 Å². The van der Waals surface area contributed by atoms with Crippen LogP contribution in [0, 0.1) is 9.49 Å². The number of ether oxygens (including phenoxy) is 2. The number of methoxy groups -OCH3 is 1. The number of hydrogen-bond acceptors (Lipinski definition) is 7. The number of aliphatic hydroxyl groups excluding tert-OH is 3. The number of nitrogens with zero attached hydrogens (tertiary/aromatic N) is 1. The highest BCUT2D eigenvalue weighted by molar-refractivity contribution is 14.1. The molecule has 1 aromatic carbocycles. The van der Waals surface area contributed by atoms with Gasteiger partial charge in [0.1, 0.15) is 12.2 Å². The molecule has 0 saturated heterocycles. The lowest BCUT2D eigenvalue weighted by Gasteiger charge is -2.42. The van der Waals surface area contributed by atoms with E-state index < -0.39 is 18.2 Å². The molecule has 3 rings (SSSR count). The Kier molecular flexibility index (Phi) is 12.8. The Morgan fingerprint density at radius 3 is 2.56 bits per heavy atom. The zero-order valence-corrected chi connectivity index (χ0v) is 25.2. The molecule has 3 atom stereocenters. The Morgan fingerprint density at radius 1 is 1.18 bits per heavy atom. The third-order valence-electron chi connectivity index (χ3n) is 7.58. The second-order valence-electron chi connectivity index (χ2n) is 10.4. The first-order valence-electron chi connectivity index (χ1n) is 14.0. The summed E-state index contributed by atoms with van der Waals surface area (Å²) >= 11 is 2.09. The quantitative estimate of drug-likeness (QED) is 0.240. The highest BCUT2D eigenvalue weighted by Crippen LogP contribution is 2.37. The fraction of sp³-hybridized carbons (Fsp3) is 0.655. The van der Waals surface area contributed by atoms with Crippen molar-refractivity contribution in [1.82, 2.24) is 10.2 Å². The summed E-state index contributed by atoms with van der Waals surface area (Å²) in [5.41, 5.74) is 1.06. The highest BCUT2D eigenvalue weighted by atomic mass is 127. The van der Waals surface area contributed by atoms with E-state index in [4.69, 9.17) is 9.47 Å². The molecule has 4 N–H and O–H groups in total. The van der Waals surface area contributed by atoms with Crippen LogP contribution < -0.4 is 14.8 Å². The number of benzene rings is 1. The van der Waals surface area contributed by atoms with E-state index in [1.807, 2.05) is 6.92 Å². The maximum absolute atomic E-state index is 13.5. The van der Waals surface area contributed by atoms with Gasteiger partial charge in [0.2, 0.25) is 11.8 Å². The molecular weight excluding hydrogens is 615 g/mol. The predicted octanol–water partition coefficient (Wildman–Crippen LogP) is 3.31. The van der Waals surface area contributed by atoms with Crippen LogP contribution in [0.3, 0.4) is 0 Å². The number of amides is 2. The third-order valence-corrected chi connectivity index (χ3v) is 8.39. The number of aliphatic hydroxyl groups is 3. The summed E-state index contributed by atoms with van der Waals surface area (Å²) in [6.07, 6.45) is 7.42. The van der Waals surface area contributed by atoms with Gasteiger partial charge in [-0.25, -0.2) is 0 Å². The Labute approximate surface area is 245 Å². The van der Waals surface area contributed by atoms with Crippen molar-refractivity contribution in [2.24, 2.45) is 5.92 Å². The molecule has 0 bridgehead atoms. The minimum absolute atomic E-state index is 0.0123. The molecule has 10 heteroatoms. The maximum atomic E-state index is 13.5. The molecule has 2 amide bonds. The van der Waals surface area contributed by atoms with Crippen molar-refractivity contribution in [2.75, 3.05) is 26.8 Å². The van der Waals surface area contributed by atoms with Gasteiger partial charge in [-0.2, -0.15) is 0 Å². The van der Waals surface area contributed by atoms with Gasteiger partial charge in [0, 0.05) is 31.5 Å². The highest BCUT2D eigenvalue weighted by Gasteiger charge is 2.41. The maximum Gasteiger partial charge on any atom is 0.247 e. The smallest absolute Gasteiger partial charge is 0.247 e. The summed E-state index contributed by atoms with van der Waals surface area (Å²) in [6, 6.07) is 2.81. The topological polar surface area (TPSA) is 129 Å². The first-order valence-corrected chi connectivity index (χ1v) is 15.1. The zero-order chi connectivity index (χ0) is 28.4. The van der Waals surface area contributed by atoms with Crippen LogP contribution in [0.5, 0.6) is 11.5 Å². The minimum Gasteiger partial charge on any atom is -0.493 e. The SMILES string of the molecule is CCCCC(=O)N(CC1CCCCC1)[C@@H]1CC(C(=O)NCCO)=C[C@H](Oc2c(I)cc(CO)cc2OC)[C@H]1O. The standard InChI is InChI=1S/C29H43IN2O7/c1-3-4-10-26(35)32(17-19-8-6-5-7-9-19)23-15-21(29(37)31-11-12-33)16-24(27(23)36)39-28-22(30)13-20(18-34)14-25(28)38-2/h13-14,16,19,23-24,27,33-34,36H,3-12,15,17-18H2,1-2H3,(H,31,37)/t23-,24+,27+/m1/s1. The van der Waals surface area contributed by atoms with Crippen molar-refractivity contribution >= 4 is 34.4 Å². The number of carbonyl (C=O) groups is 2. The van der Waals surface area contributed by atoms with E-state index >= 15 is 0 Å². The van der Waals surface area contributed by atoms with Crippen molar-refractivity contribution < 1.29 is 34.4 Å². The van der Waals surface area contributed by atoms with Crippen LogP contribution in [0.25, 0.3) is 0 Å². The molecule has 0 unspecified atom stereocenters. The number of carbonyl (C=O) groups excluding carboxylic acids is 2. The average molecular weight is 659 g/mol. The molecule has 218 valence electrons. The van der Waals surface area contributed by atoms with Crippen LogP contribution in [-0.2, 0) is 16.2 Å². The van der Waals surface area contributed by atoms with E-state index in [1.54, 1.807) is 23.1 Å². The van der Waals surface area contributed by atoms with E-state index in [1.165, 1.54) is 13.5 Å². The third kappa shape index (κ3) is 8.55. The van der Waals surface area contributed by atoms with Crippen molar-refractivity contribution in [3.8, 4) is 11.5 Å². The number of unbranched alkanes of at least 4 members (excludes halogenated alkanes) is 1. The predicted molar refractivity (Wildman–Crippen MR) is 156 cm³/mol. The summed E-state index contributed by atoms with van der Waals surface area (Å²) < 4.78 is 12.5. The summed E-state index contributed by atoms with van der Waals surface area (Å²) in [6.45, 7) is 2.34. The molecular formula is C29H43IN2O7. The fourth-order valence-electron chi connectivity index (χ4n) is 5.44. The Balaban J connectivity index is 1.97. The fourth-order valence-corrected chi connectivity index (χ4v) is 6.23. The lowest BCUT2D eigenvalue weighted by molar-refractivity contribution is -0.140. The van der Waals surface area contributed by atoms with Crippen LogP contribution in [0.4, 0.5) is 0 Å². The normalized spacial score (nSPS) is 21.7. The average Bonchev–Trinajstić information content (AvgIpc) is 2.95. The van der Waals surface area contributed by atoms with Crippen molar-refractivity contribution in [3.63, 3.8) is 0 Å². The van der Waals surface area contributed by atoms with Crippen molar-refractivity contribution in [3.05, 3.63) is 32.9 Å². The summed E-state index contributed by atoms with van der Waals surface area (Å²) in [7, 11) is 1.50. The van der Waals surface area contributed by atoms with Crippen LogP contribution in [-0.4, -0.2) is 77.1 Å². The Bertz CT molecular complexity index is 996. The number of nitrogens with one attached hydrogen (secondary N) is 1. The Morgan fingerprint density at radius 2 is 1.92 bits per heavy atom. The van der Waals surface area contributed by atoms with Gasteiger partial charge >= 0.3 is 0 Å². The molecule has 1 fully saturated rings. The lowest BCUT2D eigenvalue weighted by atomic mass is 9.85. The minimum atomic E-state index is -1.08. The molecule has 0 heterocycles. The molecule has 1 saturated carbocycles. The van der Waals surface area contributed by atoms with E-state index in [0.29, 0.717) is 45.1 Å². The zero-order valence-electron chi connectivity index (χ0n) is 23.0. The molecule has 1 aromatic rings. The largest absolute Gasteiger partial charge is 0.493 e. The monoisotopic (exact) mass is 658 g/mol. The van der Waals surface area contributed by atoms with E-state index in [9.17, 15) is 24.9 Å². The van der Waals surface area contributed by atoms with Gasteiger partial charge in [-0.1, -0.05) is 32.6 Å². The number of halogens is 1. The van der Waals surface area contributed by atoms with Crippen LogP contribution in [0.1, 0.15) is 70.3 Å². The molecule has 0 spiro atoms. The van der Waals surface area contributed by atoms with Gasteiger partial charge in [-0.15, -0.1) is 0 Å². The number of hydrogen-bond donors (Lipinski definition) is 4. The van der Waals surface area contributed by atoms with E-state index in [2.05, 4.69) is 27.9 Å². The van der Waals surface area contributed by atoms with Gasteiger partial charge in [0.05, 0.1) is 29.9 Å². The van der Waals surface area contributed by atoms with Crippen molar-refractivity contribution in [1.29, 1.82) is 0 Å². The molecule has 39 heavy (non-hydrogen) atoms. The molecule has 9 nitrogen and oxygen atoms in total. The second kappa shape index (κ2) is 15.8. The molecule has 2 aliphatic rings. The second-order valence-corrected chi connectivity index (χ2v) is 11.6. The van der Waals surface area contributed by atoms with Gasteiger partial charge in [0.15, 0.2) is 11.5 Å². The van der Waals surface area contributed by atoms with Gasteiger partial charge in [0.25, 0.3) is 0 Å². The van der Waals surface area contributed by atoms with Crippen LogP contribution in [0.2, 0.25) is 0 Å².